The number of aromatic nitrogens is 1. The molecule has 0 aliphatic carbocycles. The van der Waals surface area contributed by atoms with Crippen molar-refractivity contribution in [3.63, 3.8) is 0 Å². The van der Waals surface area contributed by atoms with Gasteiger partial charge in [-0.1, -0.05) is 30.7 Å². The van der Waals surface area contributed by atoms with Crippen molar-refractivity contribution in [2.24, 2.45) is 4.99 Å². The van der Waals surface area contributed by atoms with E-state index in [1.807, 2.05) is 17.0 Å². The van der Waals surface area contributed by atoms with Gasteiger partial charge in [0.25, 0.3) is 11.6 Å². The molecule has 2 heterocycles. The van der Waals surface area contributed by atoms with Crippen LogP contribution in [0.4, 0.5) is 11.4 Å². The highest BCUT2D eigenvalue weighted by molar-refractivity contribution is 7.16. The molecule has 0 N–H and O–H groups in total. The molecule has 2 aromatic carbocycles. The minimum absolute atomic E-state index is 0.101. The SMILES string of the molecule is CCCCc1ccc2c(c1)sc(=NC(=O)c1ccc(N3CCOCC3)c([N+](=O)[O-])c1)n2CC(=O)OC. The third kappa shape index (κ3) is 5.63. The monoisotopic (exact) mass is 512 g/mol. The average Bonchev–Trinajstić information content (AvgIpc) is 3.22. The molecule has 1 aromatic heterocycles. The van der Waals surface area contributed by atoms with Crippen LogP contribution in [0.5, 0.6) is 0 Å². The molecular formula is C25H28N4O6S. The second-order valence-corrected chi connectivity index (χ2v) is 9.44. The normalized spacial score (nSPS) is 14.3. The van der Waals surface area contributed by atoms with Gasteiger partial charge in [0.2, 0.25) is 0 Å². The zero-order chi connectivity index (χ0) is 25.7. The van der Waals surface area contributed by atoms with Crippen molar-refractivity contribution in [2.75, 3.05) is 38.3 Å². The molecule has 3 aromatic rings. The lowest BCUT2D eigenvalue weighted by atomic mass is 10.1. The number of amides is 1. The van der Waals surface area contributed by atoms with E-state index in [-0.39, 0.29) is 17.8 Å². The predicted octanol–water partition coefficient (Wildman–Crippen LogP) is 3.70. The number of ether oxygens (including phenoxy) is 2. The van der Waals surface area contributed by atoms with Gasteiger partial charge < -0.3 is 18.9 Å². The van der Waals surface area contributed by atoms with Crippen LogP contribution in [-0.4, -0.2) is 54.8 Å². The molecular weight excluding hydrogens is 484 g/mol. The van der Waals surface area contributed by atoms with Crippen LogP contribution in [-0.2, 0) is 27.2 Å². The Morgan fingerprint density at radius 3 is 2.67 bits per heavy atom. The van der Waals surface area contributed by atoms with Gasteiger partial charge in [0.1, 0.15) is 12.2 Å². The summed E-state index contributed by atoms with van der Waals surface area (Å²) in [6.07, 6.45) is 3.08. The molecule has 4 rings (SSSR count). The second-order valence-electron chi connectivity index (χ2n) is 8.43. The number of rotatable bonds is 8. The van der Waals surface area contributed by atoms with Crippen molar-refractivity contribution in [1.82, 2.24) is 4.57 Å². The van der Waals surface area contributed by atoms with Crippen LogP contribution in [0.25, 0.3) is 10.2 Å². The van der Waals surface area contributed by atoms with Gasteiger partial charge >= 0.3 is 5.97 Å². The van der Waals surface area contributed by atoms with Crippen molar-refractivity contribution >= 4 is 44.8 Å². The molecule has 1 amide bonds. The molecule has 1 fully saturated rings. The number of esters is 1. The van der Waals surface area contributed by atoms with E-state index in [2.05, 4.69) is 18.0 Å². The van der Waals surface area contributed by atoms with Gasteiger partial charge in [-0.05, 0) is 42.7 Å². The minimum Gasteiger partial charge on any atom is -0.468 e. The number of thiazole rings is 1. The summed E-state index contributed by atoms with van der Waals surface area (Å²) in [5.74, 6) is -1.09. The summed E-state index contributed by atoms with van der Waals surface area (Å²) in [5, 5.41) is 11.8. The maximum Gasteiger partial charge on any atom is 0.325 e. The lowest BCUT2D eigenvalue weighted by Crippen LogP contribution is -2.36. The second kappa shape index (κ2) is 11.4. The maximum absolute atomic E-state index is 13.1. The smallest absolute Gasteiger partial charge is 0.325 e. The largest absolute Gasteiger partial charge is 0.468 e. The number of methoxy groups -OCH3 is 1. The Labute approximate surface area is 211 Å². The van der Waals surface area contributed by atoms with Gasteiger partial charge in [-0.3, -0.25) is 19.7 Å². The summed E-state index contributed by atoms with van der Waals surface area (Å²) in [7, 11) is 1.30. The summed E-state index contributed by atoms with van der Waals surface area (Å²) < 4.78 is 12.7. The quantitative estimate of drug-likeness (QED) is 0.257. The first-order valence-corrected chi connectivity index (χ1v) is 12.6. The number of nitrogens with zero attached hydrogens (tertiary/aromatic N) is 4. The van der Waals surface area contributed by atoms with Crippen LogP contribution >= 0.6 is 11.3 Å². The fourth-order valence-corrected chi connectivity index (χ4v) is 5.20. The van der Waals surface area contributed by atoms with E-state index in [9.17, 15) is 19.7 Å². The van der Waals surface area contributed by atoms with Crippen LogP contribution in [0.1, 0.15) is 35.7 Å². The van der Waals surface area contributed by atoms with E-state index in [4.69, 9.17) is 9.47 Å². The van der Waals surface area contributed by atoms with Crippen LogP contribution in [0.15, 0.2) is 41.4 Å². The first-order chi connectivity index (χ1) is 17.4. The molecule has 190 valence electrons. The van der Waals surface area contributed by atoms with E-state index in [1.54, 1.807) is 16.7 Å². The summed E-state index contributed by atoms with van der Waals surface area (Å²) in [6, 6.07) is 10.4. The summed E-state index contributed by atoms with van der Waals surface area (Å²) in [6.45, 7) is 4.07. The fourth-order valence-electron chi connectivity index (χ4n) is 4.11. The molecule has 0 saturated carbocycles. The minimum atomic E-state index is -0.622. The van der Waals surface area contributed by atoms with Crippen molar-refractivity contribution < 1.29 is 24.0 Å². The molecule has 36 heavy (non-hydrogen) atoms. The number of benzene rings is 2. The lowest BCUT2D eigenvalue weighted by Gasteiger charge is -2.28. The van der Waals surface area contributed by atoms with Crippen LogP contribution in [0.2, 0.25) is 0 Å². The Morgan fingerprint density at radius 2 is 1.97 bits per heavy atom. The Morgan fingerprint density at radius 1 is 1.19 bits per heavy atom. The van der Waals surface area contributed by atoms with Crippen LogP contribution < -0.4 is 9.70 Å². The van der Waals surface area contributed by atoms with Gasteiger partial charge in [-0.15, -0.1) is 0 Å². The summed E-state index contributed by atoms with van der Waals surface area (Å²) in [5.41, 5.74) is 2.33. The van der Waals surface area contributed by atoms with Crippen molar-refractivity contribution in [3.8, 4) is 0 Å². The van der Waals surface area contributed by atoms with Gasteiger partial charge in [-0.2, -0.15) is 4.99 Å². The average molecular weight is 513 g/mol. The third-order valence-electron chi connectivity index (χ3n) is 6.05. The van der Waals surface area contributed by atoms with E-state index < -0.39 is 16.8 Å². The topological polar surface area (TPSA) is 116 Å². The Bertz CT molecular complexity index is 1360. The number of nitro groups is 1. The number of anilines is 1. The molecule has 0 bridgehead atoms. The van der Waals surface area contributed by atoms with Crippen LogP contribution in [0, 0.1) is 10.1 Å². The van der Waals surface area contributed by atoms with Crippen molar-refractivity contribution in [1.29, 1.82) is 0 Å². The third-order valence-corrected chi connectivity index (χ3v) is 7.09. The molecule has 0 unspecified atom stereocenters. The molecule has 0 spiro atoms. The maximum atomic E-state index is 13.1. The number of unbranched alkanes of at least 4 members (excludes halogenated alkanes) is 1. The zero-order valence-corrected chi connectivity index (χ0v) is 21.1. The molecule has 0 radical (unpaired) electrons. The number of nitro benzene ring substituents is 1. The highest BCUT2D eigenvalue weighted by Crippen LogP contribution is 2.30. The molecule has 1 aliphatic rings. The van der Waals surface area contributed by atoms with Gasteiger partial charge in [0.15, 0.2) is 4.80 Å². The predicted molar refractivity (Wildman–Crippen MR) is 136 cm³/mol. The van der Waals surface area contributed by atoms with Crippen LogP contribution in [0.3, 0.4) is 0 Å². The standard InChI is InChI=1S/C25H28N4O6S/c1-3-4-5-17-6-8-20-22(14-17)36-25(28(20)16-23(30)34-2)26-24(31)18-7-9-19(21(15-18)29(32)33)27-10-12-35-13-11-27/h6-9,14-15H,3-5,10-13,16H2,1-2H3. The Hall–Kier alpha value is -3.57. The van der Waals surface area contributed by atoms with E-state index in [0.717, 1.165) is 29.5 Å². The lowest BCUT2D eigenvalue weighted by molar-refractivity contribution is -0.384. The zero-order valence-electron chi connectivity index (χ0n) is 20.3. The van der Waals surface area contributed by atoms with Gasteiger partial charge in [0, 0.05) is 24.7 Å². The highest BCUT2D eigenvalue weighted by atomic mass is 32.1. The van der Waals surface area contributed by atoms with E-state index >= 15 is 0 Å². The molecule has 0 atom stereocenters. The number of morpholine rings is 1. The molecule has 1 saturated heterocycles. The first kappa shape index (κ1) is 25.5. The molecule has 10 nitrogen and oxygen atoms in total. The molecule has 11 heteroatoms. The number of hydrogen-bond donors (Lipinski definition) is 0. The highest BCUT2D eigenvalue weighted by Gasteiger charge is 2.23. The number of carbonyl (C=O) groups is 2. The molecule has 1 aliphatic heterocycles. The fraction of sp³-hybridized carbons (Fsp3) is 0.400. The van der Waals surface area contributed by atoms with E-state index in [0.29, 0.717) is 36.8 Å². The Balaban J connectivity index is 1.74. The Kier molecular flexibility index (Phi) is 8.11. The van der Waals surface area contributed by atoms with E-state index in [1.165, 1.54) is 30.1 Å². The van der Waals surface area contributed by atoms with Crippen molar-refractivity contribution in [2.45, 2.75) is 32.7 Å². The van der Waals surface area contributed by atoms with Gasteiger partial charge in [-0.25, -0.2) is 0 Å². The number of fused-ring (bicyclic) bond motifs is 1. The first-order valence-electron chi connectivity index (χ1n) is 11.8. The number of carbonyl (C=O) groups excluding carboxylic acids is 2. The number of hydrogen-bond acceptors (Lipinski definition) is 8. The van der Waals surface area contributed by atoms with Gasteiger partial charge in [0.05, 0.1) is 35.5 Å². The summed E-state index contributed by atoms with van der Waals surface area (Å²) >= 11 is 1.30. The van der Waals surface area contributed by atoms with Crippen molar-refractivity contribution in [3.05, 3.63) is 62.4 Å². The summed E-state index contributed by atoms with van der Waals surface area (Å²) in [4.78, 5) is 43.0. The number of aryl methyl sites for hydroxylation is 1.